The Hall–Kier alpha value is -2.10. The van der Waals surface area contributed by atoms with Gasteiger partial charge in [0.1, 0.15) is 17.9 Å². The quantitative estimate of drug-likeness (QED) is 0.908. The van der Waals surface area contributed by atoms with Crippen LogP contribution in [0.15, 0.2) is 30.6 Å². The lowest BCUT2D eigenvalue weighted by atomic mass is 10.2. The lowest BCUT2D eigenvalue weighted by molar-refractivity contribution is 0.241. The summed E-state index contributed by atoms with van der Waals surface area (Å²) in [5, 5.41) is 3.26. The SMILES string of the molecule is Cc1cc(Nc2ccc(OC(C)C)c(C)c2)ncn1. The molecule has 2 aromatic rings. The number of aromatic nitrogens is 2. The molecule has 19 heavy (non-hydrogen) atoms. The molecule has 1 aromatic carbocycles. The van der Waals surface area contributed by atoms with Crippen molar-refractivity contribution in [3.63, 3.8) is 0 Å². The average molecular weight is 257 g/mol. The van der Waals surface area contributed by atoms with Gasteiger partial charge >= 0.3 is 0 Å². The molecule has 0 amide bonds. The van der Waals surface area contributed by atoms with Crippen LogP contribution in [-0.4, -0.2) is 16.1 Å². The number of hydrogen-bond donors (Lipinski definition) is 1. The van der Waals surface area contributed by atoms with Gasteiger partial charge in [0, 0.05) is 17.4 Å². The van der Waals surface area contributed by atoms with Gasteiger partial charge in [-0.3, -0.25) is 0 Å². The van der Waals surface area contributed by atoms with E-state index in [9.17, 15) is 0 Å². The molecule has 1 heterocycles. The minimum absolute atomic E-state index is 0.182. The van der Waals surface area contributed by atoms with E-state index in [1.54, 1.807) is 6.33 Å². The summed E-state index contributed by atoms with van der Waals surface area (Å²) in [5.41, 5.74) is 3.03. The molecule has 4 nitrogen and oxygen atoms in total. The van der Waals surface area contributed by atoms with E-state index >= 15 is 0 Å². The van der Waals surface area contributed by atoms with E-state index in [2.05, 4.69) is 21.4 Å². The maximum atomic E-state index is 5.72. The van der Waals surface area contributed by atoms with Crippen molar-refractivity contribution >= 4 is 11.5 Å². The van der Waals surface area contributed by atoms with Gasteiger partial charge in [0.25, 0.3) is 0 Å². The molecule has 0 aliphatic carbocycles. The Balaban J connectivity index is 2.16. The monoisotopic (exact) mass is 257 g/mol. The van der Waals surface area contributed by atoms with Crippen LogP contribution in [-0.2, 0) is 0 Å². The van der Waals surface area contributed by atoms with Crippen molar-refractivity contribution in [1.82, 2.24) is 9.97 Å². The van der Waals surface area contributed by atoms with Gasteiger partial charge in [-0.25, -0.2) is 9.97 Å². The Morgan fingerprint density at radius 2 is 1.89 bits per heavy atom. The normalized spacial score (nSPS) is 10.6. The third-order valence-corrected chi connectivity index (χ3v) is 2.61. The average Bonchev–Trinajstić information content (AvgIpc) is 2.32. The lowest BCUT2D eigenvalue weighted by Gasteiger charge is -2.14. The molecule has 0 saturated carbocycles. The molecule has 0 bridgehead atoms. The second kappa shape index (κ2) is 5.69. The minimum atomic E-state index is 0.182. The number of aryl methyl sites for hydroxylation is 2. The van der Waals surface area contributed by atoms with E-state index in [4.69, 9.17) is 4.74 Å². The van der Waals surface area contributed by atoms with Crippen LogP contribution >= 0.6 is 0 Å². The van der Waals surface area contributed by atoms with Crippen LogP contribution in [0.1, 0.15) is 25.1 Å². The molecular weight excluding hydrogens is 238 g/mol. The highest BCUT2D eigenvalue weighted by molar-refractivity contribution is 5.59. The summed E-state index contributed by atoms with van der Waals surface area (Å²) >= 11 is 0. The largest absolute Gasteiger partial charge is 0.491 e. The number of nitrogens with one attached hydrogen (secondary N) is 1. The summed E-state index contributed by atoms with van der Waals surface area (Å²) in [6.07, 6.45) is 1.74. The number of benzene rings is 1. The van der Waals surface area contributed by atoms with Crippen molar-refractivity contribution in [3.8, 4) is 5.75 Å². The van der Waals surface area contributed by atoms with Crippen molar-refractivity contribution in [1.29, 1.82) is 0 Å². The Kier molecular flexibility index (Phi) is 4.00. The second-order valence-corrected chi connectivity index (χ2v) is 4.82. The number of nitrogens with zero attached hydrogens (tertiary/aromatic N) is 2. The fourth-order valence-electron chi connectivity index (χ4n) is 1.78. The number of hydrogen-bond acceptors (Lipinski definition) is 4. The lowest BCUT2D eigenvalue weighted by Crippen LogP contribution is -2.06. The van der Waals surface area contributed by atoms with Crippen molar-refractivity contribution in [2.45, 2.75) is 33.8 Å². The highest BCUT2D eigenvalue weighted by Gasteiger charge is 2.04. The zero-order valence-corrected chi connectivity index (χ0v) is 11.8. The third-order valence-electron chi connectivity index (χ3n) is 2.61. The summed E-state index contributed by atoms with van der Waals surface area (Å²) in [4.78, 5) is 8.26. The molecule has 0 aliphatic rings. The topological polar surface area (TPSA) is 47.0 Å². The Bertz CT molecular complexity index is 567. The van der Waals surface area contributed by atoms with Crippen LogP contribution in [0.4, 0.5) is 11.5 Å². The van der Waals surface area contributed by atoms with Crippen LogP contribution in [0.3, 0.4) is 0 Å². The highest BCUT2D eigenvalue weighted by atomic mass is 16.5. The molecule has 0 unspecified atom stereocenters. The summed E-state index contributed by atoms with van der Waals surface area (Å²) in [6.45, 7) is 8.02. The van der Waals surface area contributed by atoms with Crippen LogP contribution < -0.4 is 10.1 Å². The maximum Gasteiger partial charge on any atom is 0.133 e. The molecule has 0 aliphatic heterocycles. The van der Waals surface area contributed by atoms with Crippen molar-refractivity contribution in [3.05, 3.63) is 41.9 Å². The molecule has 1 aromatic heterocycles. The fourth-order valence-corrected chi connectivity index (χ4v) is 1.78. The summed E-state index contributed by atoms with van der Waals surface area (Å²) in [5.74, 6) is 1.71. The molecule has 2 rings (SSSR count). The van der Waals surface area contributed by atoms with Crippen LogP contribution in [0.5, 0.6) is 5.75 Å². The first-order chi connectivity index (χ1) is 9.04. The number of anilines is 2. The first-order valence-electron chi connectivity index (χ1n) is 6.37. The maximum absolute atomic E-state index is 5.72. The number of ether oxygens (including phenoxy) is 1. The van der Waals surface area contributed by atoms with Crippen LogP contribution in [0.2, 0.25) is 0 Å². The third kappa shape index (κ3) is 3.68. The smallest absolute Gasteiger partial charge is 0.133 e. The molecule has 0 atom stereocenters. The van der Waals surface area contributed by atoms with E-state index in [0.29, 0.717) is 0 Å². The molecule has 0 spiro atoms. The Morgan fingerprint density at radius 1 is 1.11 bits per heavy atom. The fraction of sp³-hybridized carbons (Fsp3) is 0.333. The van der Waals surface area contributed by atoms with E-state index in [-0.39, 0.29) is 6.10 Å². The highest BCUT2D eigenvalue weighted by Crippen LogP contribution is 2.24. The Labute approximate surface area is 113 Å². The van der Waals surface area contributed by atoms with Gasteiger partial charge in [-0.15, -0.1) is 0 Å². The summed E-state index contributed by atoms with van der Waals surface area (Å²) in [6, 6.07) is 7.93. The van der Waals surface area contributed by atoms with Crippen molar-refractivity contribution in [2.75, 3.05) is 5.32 Å². The Morgan fingerprint density at radius 3 is 2.53 bits per heavy atom. The standard InChI is InChI=1S/C15H19N3O/c1-10(2)19-14-6-5-13(7-11(14)3)18-15-8-12(4)16-9-17-15/h5-10H,1-4H3,(H,16,17,18). The zero-order chi connectivity index (χ0) is 13.8. The predicted octanol–water partition coefficient (Wildman–Crippen LogP) is 3.62. The van der Waals surface area contributed by atoms with Crippen LogP contribution in [0.25, 0.3) is 0 Å². The van der Waals surface area contributed by atoms with Gasteiger partial charge < -0.3 is 10.1 Å². The molecule has 0 fully saturated rings. The zero-order valence-electron chi connectivity index (χ0n) is 11.8. The van der Waals surface area contributed by atoms with Crippen LogP contribution in [0, 0.1) is 13.8 Å². The van der Waals surface area contributed by atoms with Crippen molar-refractivity contribution in [2.24, 2.45) is 0 Å². The molecular formula is C15H19N3O. The first kappa shape index (κ1) is 13.3. The van der Waals surface area contributed by atoms with E-state index in [0.717, 1.165) is 28.5 Å². The second-order valence-electron chi connectivity index (χ2n) is 4.82. The minimum Gasteiger partial charge on any atom is -0.491 e. The van der Waals surface area contributed by atoms with E-state index < -0.39 is 0 Å². The molecule has 1 N–H and O–H groups in total. The molecule has 0 radical (unpaired) electrons. The van der Waals surface area contributed by atoms with E-state index in [1.165, 1.54) is 0 Å². The van der Waals surface area contributed by atoms with E-state index in [1.807, 2.05) is 45.9 Å². The van der Waals surface area contributed by atoms with Gasteiger partial charge in [-0.05, 0) is 51.5 Å². The van der Waals surface area contributed by atoms with Gasteiger partial charge in [0.05, 0.1) is 6.10 Å². The summed E-state index contributed by atoms with van der Waals surface area (Å²) < 4.78 is 5.72. The summed E-state index contributed by atoms with van der Waals surface area (Å²) in [7, 11) is 0. The van der Waals surface area contributed by atoms with Gasteiger partial charge in [-0.2, -0.15) is 0 Å². The van der Waals surface area contributed by atoms with Gasteiger partial charge in [0.15, 0.2) is 0 Å². The molecule has 100 valence electrons. The van der Waals surface area contributed by atoms with Gasteiger partial charge in [0.2, 0.25) is 0 Å². The molecule has 0 saturated heterocycles. The first-order valence-corrected chi connectivity index (χ1v) is 6.37. The van der Waals surface area contributed by atoms with Gasteiger partial charge in [-0.1, -0.05) is 0 Å². The number of rotatable bonds is 4. The predicted molar refractivity (Wildman–Crippen MR) is 77.0 cm³/mol. The van der Waals surface area contributed by atoms with Crippen molar-refractivity contribution < 1.29 is 4.74 Å². The molecule has 4 heteroatoms.